The third-order valence-corrected chi connectivity index (χ3v) is 9.26. The Morgan fingerprint density at radius 1 is 0.593 bits per heavy atom. The van der Waals surface area contributed by atoms with Gasteiger partial charge < -0.3 is 25.2 Å². The smallest absolute Gasteiger partial charge is 0.472 e. The molecule has 0 fully saturated rings. The lowest BCUT2D eigenvalue weighted by atomic mass is 10.1. The minimum absolute atomic E-state index is 0.0126. The number of carboxylic acid groups (broad SMARTS) is 1. The van der Waals surface area contributed by atoms with Gasteiger partial charge >= 0.3 is 25.7 Å². The van der Waals surface area contributed by atoms with E-state index in [0.29, 0.717) is 25.7 Å². The zero-order chi connectivity index (χ0) is 43.7. The Labute approximate surface area is 353 Å². The van der Waals surface area contributed by atoms with Crippen molar-refractivity contribution in [1.82, 2.24) is 0 Å². The zero-order valence-corrected chi connectivity index (χ0v) is 36.4. The molecule has 0 aliphatic carbocycles. The molecule has 0 aliphatic heterocycles. The van der Waals surface area contributed by atoms with E-state index >= 15 is 0 Å². The summed E-state index contributed by atoms with van der Waals surface area (Å²) >= 11 is 0. The number of phosphoric ester groups is 1. The normalized spacial score (nSPS) is 14.6. The molecule has 12 nitrogen and oxygen atoms in total. The van der Waals surface area contributed by atoms with Crippen molar-refractivity contribution in [2.45, 2.75) is 148 Å². The van der Waals surface area contributed by atoms with Crippen molar-refractivity contribution < 1.29 is 52.3 Å². The van der Waals surface area contributed by atoms with Crippen LogP contribution in [0.1, 0.15) is 136 Å². The summed E-state index contributed by atoms with van der Waals surface area (Å²) in [7, 11) is -4.76. The molecule has 0 bridgehead atoms. The van der Waals surface area contributed by atoms with Gasteiger partial charge in [0.15, 0.2) is 11.9 Å². The molecule has 0 aromatic carbocycles. The maximum Gasteiger partial charge on any atom is 0.472 e. The molecule has 0 spiro atoms. The van der Waals surface area contributed by atoms with Crippen molar-refractivity contribution in [3.8, 4) is 0 Å². The van der Waals surface area contributed by atoms with Gasteiger partial charge in [0, 0.05) is 19.3 Å². The largest absolute Gasteiger partial charge is 0.480 e. The van der Waals surface area contributed by atoms with E-state index < -0.39 is 57.7 Å². The minimum atomic E-state index is -4.76. The monoisotopic (exact) mass is 845 g/mol. The van der Waals surface area contributed by atoms with E-state index in [1.807, 2.05) is 30.4 Å². The number of hydrogen-bond acceptors (Lipinski definition) is 10. The SMILES string of the molecule is CC/C=C\C/C=C\C/C=C\C/C=C\C/C=C\C/C=C\CCC(=O)O[C@H](COC(=O)CCCCCCC/C=C\C=C\C(=O)CCCCC)COP(=O)(O)OC[C@H](N)C(=O)O. The number of unbranched alkanes of at least 4 members (excludes halogenated alkanes) is 7. The third kappa shape index (κ3) is 39.3. The summed E-state index contributed by atoms with van der Waals surface area (Å²) in [6.07, 6.45) is 46.1. The van der Waals surface area contributed by atoms with Crippen LogP contribution in [-0.2, 0) is 42.3 Å². The maximum absolute atomic E-state index is 12.6. The van der Waals surface area contributed by atoms with Crippen molar-refractivity contribution in [2.24, 2.45) is 5.73 Å². The quantitative estimate of drug-likeness (QED) is 0.0133. The molecule has 0 aromatic heterocycles. The van der Waals surface area contributed by atoms with Crippen LogP contribution >= 0.6 is 7.82 Å². The van der Waals surface area contributed by atoms with E-state index in [-0.39, 0.29) is 18.6 Å². The fraction of sp³-hybridized carbons (Fsp3) is 0.565. The first-order valence-corrected chi connectivity index (χ1v) is 22.7. The maximum atomic E-state index is 12.6. The minimum Gasteiger partial charge on any atom is -0.480 e. The fourth-order valence-corrected chi connectivity index (χ4v) is 5.73. The molecule has 0 radical (unpaired) electrons. The number of rotatable bonds is 38. The Hall–Kier alpha value is -3.93. The molecule has 0 rings (SSSR count). The predicted octanol–water partition coefficient (Wildman–Crippen LogP) is 10.5. The molecule has 0 aromatic rings. The van der Waals surface area contributed by atoms with E-state index in [1.165, 1.54) is 0 Å². The van der Waals surface area contributed by atoms with Crippen LogP contribution < -0.4 is 5.73 Å². The third-order valence-electron chi connectivity index (χ3n) is 8.31. The number of ether oxygens (including phenoxy) is 2. The molecule has 3 atom stereocenters. The molecule has 0 saturated heterocycles. The lowest BCUT2D eigenvalue weighted by Gasteiger charge is -2.20. The number of nitrogens with two attached hydrogens (primary N) is 1. The molecule has 59 heavy (non-hydrogen) atoms. The van der Waals surface area contributed by atoms with Crippen molar-refractivity contribution in [3.63, 3.8) is 0 Å². The summed E-state index contributed by atoms with van der Waals surface area (Å²) in [5, 5.41) is 8.88. The summed E-state index contributed by atoms with van der Waals surface area (Å²) in [4.78, 5) is 57.6. The van der Waals surface area contributed by atoms with E-state index in [9.17, 15) is 28.6 Å². The Morgan fingerprint density at radius 3 is 1.73 bits per heavy atom. The van der Waals surface area contributed by atoms with Gasteiger partial charge in [-0.25, -0.2) is 4.57 Å². The highest BCUT2D eigenvalue weighted by molar-refractivity contribution is 7.47. The Bertz CT molecular complexity index is 1430. The van der Waals surface area contributed by atoms with Crippen LogP contribution in [0, 0.1) is 0 Å². The van der Waals surface area contributed by atoms with Crippen LogP contribution in [0.15, 0.2) is 97.2 Å². The number of phosphoric acid groups is 1. The number of ketones is 1. The van der Waals surface area contributed by atoms with E-state index in [0.717, 1.165) is 83.5 Å². The molecule has 0 saturated carbocycles. The van der Waals surface area contributed by atoms with Crippen LogP contribution in [0.3, 0.4) is 0 Å². The molecular weight excluding hydrogens is 773 g/mol. The van der Waals surface area contributed by atoms with Crippen LogP contribution in [0.25, 0.3) is 0 Å². The summed E-state index contributed by atoms with van der Waals surface area (Å²) in [5.41, 5.74) is 5.32. The molecule has 0 aliphatic rings. The molecule has 332 valence electrons. The van der Waals surface area contributed by atoms with Crippen molar-refractivity contribution >= 4 is 31.5 Å². The highest BCUT2D eigenvalue weighted by Gasteiger charge is 2.28. The number of aliphatic carboxylic acids is 1. The standard InChI is InChI=1S/C46H72NO11P/c1-3-5-7-8-9-10-11-12-13-14-15-16-17-18-19-22-26-29-33-37-45(50)58-42(39-56-59(53,54)57-40-43(47)46(51)52)38-55-44(49)36-32-28-25-23-20-21-24-27-31-35-41(48)34-30-6-4-2/h5,7,9-10,12-13,15-16,18-19,24,26-27,29,31,35,42-43H,3-4,6,8,11,14,17,20-23,25,28,30,32-34,36-40,47H2,1-2H3,(H,51,52)(H,53,54)/b7-5-,10-9-,13-12-,16-15-,19-18-,27-24-,29-26-,35-31+/t42-,43+/m1/s1. The molecule has 0 heterocycles. The van der Waals surface area contributed by atoms with Crippen molar-refractivity contribution in [1.29, 1.82) is 0 Å². The molecule has 1 unspecified atom stereocenters. The van der Waals surface area contributed by atoms with E-state index in [4.69, 9.17) is 24.8 Å². The van der Waals surface area contributed by atoms with Gasteiger partial charge in [0.2, 0.25) is 0 Å². The van der Waals surface area contributed by atoms with Gasteiger partial charge in [-0.2, -0.15) is 0 Å². The van der Waals surface area contributed by atoms with Gasteiger partial charge in [-0.05, 0) is 76.7 Å². The van der Waals surface area contributed by atoms with Crippen LogP contribution in [-0.4, -0.2) is 65.7 Å². The highest BCUT2D eigenvalue weighted by atomic mass is 31.2. The number of esters is 2. The average molecular weight is 846 g/mol. The first kappa shape index (κ1) is 55.1. The number of hydrogen-bond donors (Lipinski definition) is 3. The van der Waals surface area contributed by atoms with Crippen molar-refractivity contribution in [2.75, 3.05) is 19.8 Å². The second kappa shape index (κ2) is 39.5. The molecule has 13 heteroatoms. The highest BCUT2D eigenvalue weighted by Crippen LogP contribution is 2.43. The predicted molar refractivity (Wildman–Crippen MR) is 235 cm³/mol. The van der Waals surface area contributed by atoms with Gasteiger partial charge in [0.05, 0.1) is 13.2 Å². The first-order valence-electron chi connectivity index (χ1n) is 21.2. The number of carbonyl (C=O) groups is 4. The summed E-state index contributed by atoms with van der Waals surface area (Å²) < 4.78 is 32.5. The second-order valence-electron chi connectivity index (χ2n) is 13.8. The van der Waals surface area contributed by atoms with Gasteiger partial charge in [0.1, 0.15) is 12.6 Å². The summed E-state index contributed by atoms with van der Waals surface area (Å²) in [6, 6.07) is -1.55. The first-order chi connectivity index (χ1) is 28.5. The van der Waals surface area contributed by atoms with Gasteiger partial charge in [-0.15, -0.1) is 0 Å². The van der Waals surface area contributed by atoms with Crippen molar-refractivity contribution in [3.05, 3.63) is 97.2 Å². The van der Waals surface area contributed by atoms with Gasteiger partial charge in [-0.1, -0.05) is 137 Å². The second-order valence-corrected chi connectivity index (χ2v) is 15.2. The van der Waals surface area contributed by atoms with Crippen LogP contribution in [0.4, 0.5) is 0 Å². The number of allylic oxidation sites excluding steroid dienone is 16. The Kier molecular flexibility index (Phi) is 36.9. The van der Waals surface area contributed by atoms with E-state index in [2.05, 4.69) is 73.1 Å². The molecular formula is C46H72NO11P. The topological polar surface area (TPSA) is 189 Å². The average Bonchev–Trinajstić information content (AvgIpc) is 3.20. The van der Waals surface area contributed by atoms with Gasteiger partial charge in [-0.3, -0.25) is 28.2 Å². The number of carboxylic acids is 1. The number of carbonyl (C=O) groups excluding carboxylic acids is 3. The van der Waals surface area contributed by atoms with Crippen LogP contribution in [0.5, 0.6) is 0 Å². The lowest BCUT2D eigenvalue weighted by Crippen LogP contribution is -2.34. The Morgan fingerprint density at radius 2 is 1.14 bits per heavy atom. The summed E-state index contributed by atoms with van der Waals surface area (Å²) in [6.45, 7) is 2.39. The Balaban J connectivity index is 4.59. The zero-order valence-electron chi connectivity index (χ0n) is 35.5. The molecule has 4 N–H and O–H groups in total. The molecule has 0 amide bonds. The summed E-state index contributed by atoms with van der Waals surface area (Å²) in [5.74, 6) is -2.42. The lowest BCUT2D eigenvalue weighted by molar-refractivity contribution is -0.161. The fourth-order valence-electron chi connectivity index (χ4n) is 4.95. The van der Waals surface area contributed by atoms with Gasteiger partial charge in [0.25, 0.3) is 0 Å². The van der Waals surface area contributed by atoms with E-state index in [1.54, 1.807) is 12.2 Å². The van der Waals surface area contributed by atoms with Crippen LogP contribution in [0.2, 0.25) is 0 Å².